The molecule has 2 saturated carbocycles. The Morgan fingerprint density at radius 2 is 2.00 bits per heavy atom. The van der Waals surface area contributed by atoms with E-state index in [9.17, 15) is 4.79 Å². The fourth-order valence-corrected chi connectivity index (χ4v) is 4.03. The van der Waals surface area contributed by atoms with Gasteiger partial charge in [0.2, 0.25) is 11.8 Å². The predicted molar refractivity (Wildman–Crippen MR) is 92.0 cm³/mol. The number of aryl methyl sites for hydroxylation is 2. The monoisotopic (exact) mass is 337 g/mol. The van der Waals surface area contributed by atoms with E-state index in [0.717, 1.165) is 44.3 Å². The number of rotatable bonds is 6. The van der Waals surface area contributed by atoms with Gasteiger partial charge in [0.05, 0.1) is 6.04 Å². The van der Waals surface area contributed by atoms with Gasteiger partial charge in [-0.05, 0) is 49.7 Å². The Morgan fingerprint density at radius 3 is 2.80 bits per heavy atom. The van der Waals surface area contributed by atoms with E-state index in [1.807, 2.05) is 0 Å². The van der Waals surface area contributed by atoms with E-state index >= 15 is 0 Å². The first-order valence-corrected chi connectivity index (χ1v) is 9.51. The molecule has 1 amide bonds. The Bertz CT molecular complexity index is 792. The number of nitrogens with zero attached hydrogens (tertiary/aromatic N) is 3. The molecule has 0 aliphatic heterocycles. The zero-order chi connectivity index (χ0) is 16.8. The minimum Gasteiger partial charge on any atom is -0.339 e. The van der Waals surface area contributed by atoms with Crippen LogP contribution in [0.1, 0.15) is 73.3 Å². The first kappa shape index (κ1) is 15.1. The summed E-state index contributed by atoms with van der Waals surface area (Å²) < 4.78 is 5.32. The number of carbonyl (C=O) groups is 1. The number of benzene rings is 1. The van der Waals surface area contributed by atoms with Gasteiger partial charge in [0.1, 0.15) is 0 Å². The van der Waals surface area contributed by atoms with Gasteiger partial charge in [0.25, 0.3) is 0 Å². The Morgan fingerprint density at radius 1 is 1.16 bits per heavy atom. The molecule has 2 fully saturated rings. The van der Waals surface area contributed by atoms with Crippen molar-refractivity contribution in [1.82, 2.24) is 15.0 Å². The SMILES string of the molecule is O=C(CCc1nc(C2CC2)no1)N(C1CC1)[C@H]1CCc2ccccc21. The van der Waals surface area contributed by atoms with E-state index in [0.29, 0.717) is 30.7 Å². The average molecular weight is 337 g/mol. The molecule has 5 nitrogen and oxygen atoms in total. The molecular formula is C20H23N3O2. The maximum atomic E-state index is 13.0. The Hall–Kier alpha value is -2.17. The summed E-state index contributed by atoms with van der Waals surface area (Å²) in [5, 5.41) is 4.04. The zero-order valence-corrected chi connectivity index (χ0v) is 14.4. The number of fused-ring (bicyclic) bond motifs is 1. The summed E-state index contributed by atoms with van der Waals surface area (Å²) in [6, 6.07) is 9.25. The van der Waals surface area contributed by atoms with Crippen molar-refractivity contribution >= 4 is 5.91 Å². The Labute approximate surface area is 147 Å². The Kier molecular flexibility index (Phi) is 3.61. The molecule has 0 bridgehead atoms. The lowest BCUT2D eigenvalue weighted by Crippen LogP contribution is -2.36. The van der Waals surface area contributed by atoms with Crippen molar-refractivity contribution in [2.24, 2.45) is 0 Å². The van der Waals surface area contributed by atoms with E-state index in [1.54, 1.807) is 0 Å². The maximum Gasteiger partial charge on any atom is 0.227 e. The summed E-state index contributed by atoms with van der Waals surface area (Å²) in [5.74, 6) is 2.16. The third-order valence-corrected chi connectivity index (χ3v) is 5.64. The summed E-state index contributed by atoms with van der Waals surface area (Å²) in [5.41, 5.74) is 2.74. The zero-order valence-electron chi connectivity index (χ0n) is 14.4. The number of hydrogen-bond acceptors (Lipinski definition) is 4. The van der Waals surface area contributed by atoms with Gasteiger partial charge in [-0.1, -0.05) is 29.4 Å². The third kappa shape index (κ3) is 2.96. The number of hydrogen-bond donors (Lipinski definition) is 0. The molecule has 1 atom stereocenters. The van der Waals surface area contributed by atoms with Crippen LogP contribution in [0.5, 0.6) is 0 Å². The minimum absolute atomic E-state index is 0.232. The molecule has 1 aromatic carbocycles. The molecule has 0 N–H and O–H groups in total. The molecule has 0 unspecified atom stereocenters. The molecule has 0 saturated heterocycles. The molecule has 1 aromatic heterocycles. The maximum absolute atomic E-state index is 13.0. The first-order valence-electron chi connectivity index (χ1n) is 9.51. The van der Waals surface area contributed by atoms with Gasteiger partial charge in [0.15, 0.2) is 5.82 Å². The number of aromatic nitrogens is 2. The topological polar surface area (TPSA) is 59.2 Å². The summed E-state index contributed by atoms with van der Waals surface area (Å²) >= 11 is 0. The van der Waals surface area contributed by atoms with Crippen molar-refractivity contribution < 1.29 is 9.32 Å². The molecule has 5 rings (SSSR count). The van der Waals surface area contributed by atoms with Crippen LogP contribution >= 0.6 is 0 Å². The highest BCUT2D eigenvalue weighted by Gasteiger charge is 2.40. The van der Waals surface area contributed by atoms with Gasteiger partial charge in [0, 0.05) is 24.8 Å². The summed E-state index contributed by atoms with van der Waals surface area (Å²) in [6.07, 6.45) is 7.73. The second-order valence-corrected chi connectivity index (χ2v) is 7.61. The van der Waals surface area contributed by atoms with Crippen molar-refractivity contribution in [2.75, 3.05) is 0 Å². The molecular weight excluding hydrogens is 314 g/mol. The highest BCUT2D eigenvalue weighted by atomic mass is 16.5. The van der Waals surface area contributed by atoms with Gasteiger partial charge in [-0.25, -0.2) is 0 Å². The van der Waals surface area contributed by atoms with Crippen molar-refractivity contribution in [3.63, 3.8) is 0 Å². The van der Waals surface area contributed by atoms with Crippen LogP contribution in [0.15, 0.2) is 28.8 Å². The Balaban J connectivity index is 1.28. The summed E-state index contributed by atoms with van der Waals surface area (Å²) in [4.78, 5) is 19.6. The van der Waals surface area contributed by atoms with E-state index in [2.05, 4.69) is 39.3 Å². The van der Waals surface area contributed by atoms with Crippen LogP contribution < -0.4 is 0 Å². The molecule has 0 spiro atoms. The molecule has 1 heterocycles. The molecule has 130 valence electrons. The van der Waals surface area contributed by atoms with Gasteiger partial charge >= 0.3 is 0 Å². The summed E-state index contributed by atoms with van der Waals surface area (Å²) in [7, 11) is 0. The lowest BCUT2D eigenvalue weighted by atomic mass is 10.1. The second kappa shape index (κ2) is 5.97. The second-order valence-electron chi connectivity index (χ2n) is 7.61. The molecule has 25 heavy (non-hydrogen) atoms. The van der Waals surface area contributed by atoms with Crippen LogP contribution in [0.3, 0.4) is 0 Å². The normalized spacial score (nSPS) is 22.0. The molecule has 0 radical (unpaired) electrons. The average Bonchev–Trinajstić information content (AvgIpc) is 3.56. The first-order chi connectivity index (χ1) is 12.3. The number of carbonyl (C=O) groups excluding carboxylic acids is 1. The number of amides is 1. The molecule has 5 heteroatoms. The standard InChI is InChI=1S/C20H23N3O2/c24-19(12-11-18-21-20(22-25-18)14-5-6-14)23(15-8-9-15)17-10-7-13-3-1-2-4-16(13)17/h1-4,14-15,17H,5-12H2/t17-/m0/s1. The van der Waals surface area contributed by atoms with Crippen molar-refractivity contribution in [1.29, 1.82) is 0 Å². The molecule has 3 aliphatic rings. The smallest absolute Gasteiger partial charge is 0.227 e. The quantitative estimate of drug-likeness (QED) is 0.809. The van der Waals surface area contributed by atoms with Crippen molar-refractivity contribution in [2.45, 2.75) is 69.4 Å². The van der Waals surface area contributed by atoms with Gasteiger partial charge in [-0.2, -0.15) is 4.98 Å². The van der Waals surface area contributed by atoms with Gasteiger partial charge in [-0.3, -0.25) is 4.79 Å². The van der Waals surface area contributed by atoms with Crippen LogP contribution in [0, 0.1) is 0 Å². The van der Waals surface area contributed by atoms with Crippen LogP contribution in [0.2, 0.25) is 0 Å². The predicted octanol–water partition coefficient (Wildman–Crippen LogP) is 3.56. The van der Waals surface area contributed by atoms with Gasteiger partial charge in [-0.15, -0.1) is 0 Å². The fourth-order valence-electron chi connectivity index (χ4n) is 4.03. The highest BCUT2D eigenvalue weighted by Crippen LogP contribution is 2.42. The molecule has 3 aliphatic carbocycles. The van der Waals surface area contributed by atoms with E-state index in [-0.39, 0.29) is 11.9 Å². The van der Waals surface area contributed by atoms with E-state index in [1.165, 1.54) is 11.1 Å². The highest BCUT2D eigenvalue weighted by molar-refractivity contribution is 5.78. The van der Waals surface area contributed by atoms with Crippen LogP contribution in [0.4, 0.5) is 0 Å². The third-order valence-electron chi connectivity index (χ3n) is 5.64. The van der Waals surface area contributed by atoms with Crippen LogP contribution in [-0.4, -0.2) is 27.0 Å². The lowest BCUT2D eigenvalue weighted by molar-refractivity contribution is -0.134. The minimum atomic E-state index is 0.232. The van der Waals surface area contributed by atoms with Gasteiger partial charge < -0.3 is 9.42 Å². The van der Waals surface area contributed by atoms with E-state index < -0.39 is 0 Å². The fraction of sp³-hybridized carbons (Fsp3) is 0.550. The van der Waals surface area contributed by atoms with Crippen LogP contribution in [-0.2, 0) is 17.6 Å². The summed E-state index contributed by atoms with van der Waals surface area (Å²) in [6.45, 7) is 0. The van der Waals surface area contributed by atoms with Crippen LogP contribution in [0.25, 0.3) is 0 Å². The van der Waals surface area contributed by atoms with Crippen molar-refractivity contribution in [3.8, 4) is 0 Å². The van der Waals surface area contributed by atoms with Crippen molar-refractivity contribution in [3.05, 3.63) is 47.1 Å². The van der Waals surface area contributed by atoms with E-state index in [4.69, 9.17) is 4.52 Å². The largest absolute Gasteiger partial charge is 0.339 e. The molecule has 2 aromatic rings. The lowest BCUT2D eigenvalue weighted by Gasteiger charge is -2.30.